The number of benzene rings is 1. The van der Waals surface area contributed by atoms with Crippen LogP contribution in [0.15, 0.2) is 29.3 Å². The van der Waals surface area contributed by atoms with Crippen molar-refractivity contribution in [3.8, 4) is 5.88 Å². The van der Waals surface area contributed by atoms with Gasteiger partial charge in [-0.2, -0.15) is 18.2 Å². The minimum absolute atomic E-state index is 0.300. The molecule has 2 unspecified atom stereocenters. The first-order valence-electron chi connectivity index (χ1n) is 8.92. The highest BCUT2D eigenvalue weighted by atomic mass is 32.2. The molecule has 0 saturated heterocycles. The summed E-state index contributed by atoms with van der Waals surface area (Å²) in [5.41, 5.74) is -1.90. The predicted molar refractivity (Wildman–Crippen MR) is 97.3 cm³/mol. The highest BCUT2D eigenvalue weighted by Gasteiger charge is 2.44. The number of hydrogen-bond donors (Lipinski definition) is 3. The molecule has 1 fully saturated rings. The van der Waals surface area contributed by atoms with Crippen LogP contribution in [0.1, 0.15) is 24.8 Å². The molecule has 2 aromatic rings. The Balaban J connectivity index is 1.92. The van der Waals surface area contributed by atoms with E-state index in [1.165, 1.54) is 0 Å². The second-order valence-corrected chi connectivity index (χ2v) is 8.61. The Kier molecular flexibility index (Phi) is 6.27. The summed E-state index contributed by atoms with van der Waals surface area (Å²) in [7, 11) is -4.20. The van der Waals surface area contributed by atoms with Crippen molar-refractivity contribution >= 4 is 21.7 Å². The van der Waals surface area contributed by atoms with Crippen LogP contribution in [0.3, 0.4) is 0 Å². The van der Waals surface area contributed by atoms with Gasteiger partial charge in [0.15, 0.2) is 0 Å². The van der Waals surface area contributed by atoms with Crippen LogP contribution in [0.4, 0.5) is 38.0 Å². The summed E-state index contributed by atoms with van der Waals surface area (Å²) in [5, 5.41) is 17.0. The van der Waals surface area contributed by atoms with Crippen molar-refractivity contribution in [2.24, 2.45) is 5.14 Å². The van der Waals surface area contributed by atoms with Crippen LogP contribution in [-0.4, -0.2) is 41.6 Å². The SMILES string of the molecule is NS(=O)(=O)c1ccc(Nc2ncc(C(F)(F)F)c(OC3CC(F)(F)CCC3O)n2)c(F)c1. The number of primary sulfonamides is 1. The molecule has 15 heteroatoms. The zero-order chi connectivity index (χ0) is 23.9. The molecule has 1 aliphatic rings. The molecule has 0 bridgehead atoms. The molecule has 3 rings (SSSR count). The smallest absolute Gasteiger partial charge is 0.423 e. The summed E-state index contributed by atoms with van der Waals surface area (Å²) in [6, 6.07) is 2.43. The van der Waals surface area contributed by atoms with Crippen LogP contribution in [0.5, 0.6) is 5.88 Å². The fourth-order valence-electron chi connectivity index (χ4n) is 2.95. The van der Waals surface area contributed by atoms with Crippen LogP contribution in [0.25, 0.3) is 0 Å². The number of rotatable bonds is 5. The van der Waals surface area contributed by atoms with Gasteiger partial charge < -0.3 is 15.2 Å². The van der Waals surface area contributed by atoms with E-state index in [4.69, 9.17) is 9.88 Å². The summed E-state index contributed by atoms with van der Waals surface area (Å²) in [5.74, 6) is -6.12. The Morgan fingerprint density at radius 3 is 2.56 bits per heavy atom. The number of nitrogens with one attached hydrogen (secondary N) is 1. The summed E-state index contributed by atoms with van der Waals surface area (Å²) >= 11 is 0. The Hall–Kier alpha value is -2.65. The lowest BCUT2D eigenvalue weighted by Crippen LogP contribution is -2.43. The molecular weight excluding hydrogens is 470 g/mol. The van der Waals surface area contributed by atoms with E-state index in [0.717, 1.165) is 12.1 Å². The third-order valence-electron chi connectivity index (χ3n) is 4.57. The zero-order valence-corrected chi connectivity index (χ0v) is 16.7. The predicted octanol–water partition coefficient (Wildman–Crippen LogP) is 2.95. The van der Waals surface area contributed by atoms with E-state index in [0.29, 0.717) is 12.3 Å². The molecule has 1 heterocycles. The van der Waals surface area contributed by atoms with Crippen LogP contribution < -0.4 is 15.2 Å². The quantitative estimate of drug-likeness (QED) is 0.555. The number of nitrogens with zero attached hydrogens (tertiary/aromatic N) is 2. The first-order valence-corrected chi connectivity index (χ1v) is 10.5. The van der Waals surface area contributed by atoms with Crippen molar-refractivity contribution in [2.45, 2.75) is 48.5 Å². The van der Waals surface area contributed by atoms with Gasteiger partial charge in [0.2, 0.25) is 21.9 Å². The van der Waals surface area contributed by atoms with Crippen LogP contribution in [0.2, 0.25) is 0 Å². The molecule has 2 atom stereocenters. The third-order valence-corrected chi connectivity index (χ3v) is 5.48. The van der Waals surface area contributed by atoms with E-state index < -0.39 is 87.4 Å². The zero-order valence-electron chi connectivity index (χ0n) is 15.9. The van der Waals surface area contributed by atoms with Gasteiger partial charge in [-0.25, -0.2) is 31.7 Å². The second-order valence-electron chi connectivity index (χ2n) is 7.04. The maximum absolute atomic E-state index is 14.2. The van der Waals surface area contributed by atoms with Gasteiger partial charge >= 0.3 is 6.18 Å². The Morgan fingerprint density at radius 2 is 1.97 bits per heavy atom. The molecule has 0 radical (unpaired) electrons. The van der Waals surface area contributed by atoms with E-state index in [2.05, 4.69) is 15.3 Å². The normalized spacial score (nSPS) is 21.2. The molecule has 8 nitrogen and oxygen atoms in total. The Labute approximate surface area is 177 Å². The number of anilines is 2. The topological polar surface area (TPSA) is 127 Å². The van der Waals surface area contributed by atoms with Gasteiger partial charge in [0.05, 0.1) is 23.1 Å². The lowest BCUT2D eigenvalue weighted by atomic mass is 9.91. The van der Waals surface area contributed by atoms with Crippen molar-refractivity contribution in [2.75, 3.05) is 5.32 Å². The fourth-order valence-corrected chi connectivity index (χ4v) is 3.47. The molecule has 4 N–H and O–H groups in total. The van der Waals surface area contributed by atoms with Gasteiger partial charge in [0, 0.05) is 12.6 Å². The average Bonchev–Trinajstić information content (AvgIpc) is 2.64. The maximum Gasteiger partial charge on any atom is 0.423 e. The minimum atomic E-state index is -5.02. The molecule has 1 aromatic carbocycles. The number of alkyl halides is 5. The molecule has 1 aromatic heterocycles. The van der Waals surface area contributed by atoms with Crippen LogP contribution in [-0.2, 0) is 16.2 Å². The van der Waals surface area contributed by atoms with Gasteiger partial charge in [-0.15, -0.1) is 0 Å². The highest BCUT2D eigenvalue weighted by molar-refractivity contribution is 7.89. The number of aromatic nitrogens is 2. The van der Waals surface area contributed by atoms with Gasteiger partial charge in [-0.1, -0.05) is 0 Å². The molecule has 1 saturated carbocycles. The molecule has 32 heavy (non-hydrogen) atoms. The summed E-state index contributed by atoms with van der Waals surface area (Å²) in [6.45, 7) is 0. The number of aliphatic hydroxyl groups excluding tert-OH is 1. The largest absolute Gasteiger partial charge is 0.471 e. The maximum atomic E-state index is 14.2. The van der Waals surface area contributed by atoms with E-state index >= 15 is 0 Å². The van der Waals surface area contributed by atoms with Crippen LogP contribution in [0, 0.1) is 5.82 Å². The van der Waals surface area contributed by atoms with Gasteiger partial charge in [-0.05, 0) is 24.6 Å². The number of sulfonamides is 1. The van der Waals surface area contributed by atoms with Crippen LogP contribution >= 0.6 is 0 Å². The molecule has 0 aliphatic heterocycles. The number of halogens is 6. The first-order chi connectivity index (χ1) is 14.7. The molecule has 1 aliphatic carbocycles. The van der Waals surface area contributed by atoms with Gasteiger partial charge in [0.1, 0.15) is 17.5 Å². The second kappa shape index (κ2) is 8.37. The van der Waals surface area contributed by atoms with Crippen molar-refractivity contribution in [3.63, 3.8) is 0 Å². The number of nitrogens with two attached hydrogens (primary N) is 1. The number of aliphatic hydroxyl groups is 1. The monoisotopic (exact) mass is 486 g/mol. The van der Waals surface area contributed by atoms with E-state index in [1.54, 1.807) is 0 Å². The lowest BCUT2D eigenvalue weighted by molar-refractivity contribution is -0.143. The molecule has 0 amide bonds. The van der Waals surface area contributed by atoms with E-state index in [-0.39, 0.29) is 0 Å². The lowest BCUT2D eigenvalue weighted by Gasteiger charge is -2.33. The fraction of sp³-hybridized carbons (Fsp3) is 0.412. The number of ether oxygens (including phenoxy) is 1. The average molecular weight is 486 g/mol. The van der Waals surface area contributed by atoms with Crippen molar-refractivity contribution in [1.29, 1.82) is 0 Å². The Bertz CT molecular complexity index is 1110. The summed E-state index contributed by atoms with van der Waals surface area (Å²) < 4.78 is 109. The summed E-state index contributed by atoms with van der Waals surface area (Å²) in [4.78, 5) is 6.35. The number of hydrogen-bond acceptors (Lipinski definition) is 7. The minimum Gasteiger partial charge on any atom is -0.471 e. The van der Waals surface area contributed by atoms with Gasteiger partial charge in [0.25, 0.3) is 5.92 Å². The molecule has 0 spiro atoms. The standard InChI is InChI=1S/C17H16F6N4O4S/c18-10-5-8(32(24,29)30)1-2-11(10)26-15-25-7-9(17(21,22)23)14(27-15)31-13-6-16(19,20)4-3-12(13)28/h1-2,5,7,12-13,28H,3-4,6H2,(H2,24,29,30)(H,25,26,27). The Morgan fingerprint density at radius 1 is 1.28 bits per heavy atom. The van der Waals surface area contributed by atoms with Crippen molar-refractivity contribution in [1.82, 2.24) is 9.97 Å². The van der Waals surface area contributed by atoms with E-state index in [1.807, 2.05) is 0 Å². The first kappa shape index (κ1) is 24.0. The van der Waals surface area contributed by atoms with E-state index in [9.17, 15) is 39.9 Å². The van der Waals surface area contributed by atoms with Gasteiger partial charge in [-0.3, -0.25) is 0 Å². The van der Waals surface area contributed by atoms with Crippen molar-refractivity contribution in [3.05, 3.63) is 35.8 Å². The molecular formula is C17H16F6N4O4S. The molecule has 176 valence electrons. The third kappa shape index (κ3) is 5.58. The highest BCUT2D eigenvalue weighted by Crippen LogP contribution is 2.39. The van der Waals surface area contributed by atoms with Crippen molar-refractivity contribution < 1.29 is 44.6 Å². The summed E-state index contributed by atoms with van der Waals surface area (Å²) in [6.07, 6.45) is -9.91.